The molecule has 4 heteroatoms. The first-order chi connectivity index (χ1) is 9.20. The van der Waals surface area contributed by atoms with Gasteiger partial charge in [-0.15, -0.1) is 0 Å². The lowest BCUT2D eigenvalue weighted by Crippen LogP contribution is -2.03. The van der Waals surface area contributed by atoms with Crippen molar-refractivity contribution in [3.8, 4) is 0 Å². The molecule has 0 aromatic heterocycles. The molecular weight excluding hydrogens is 248 g/mol. The summed E-state index contributed by atoms with van der Waals surface area (Å²) in [6.07, 6.45) is -2.45. The van der Waals surface area contributed by atoms with E-state index in [1.54, 1.807) is 12.1 Å². The van der Waals surface area contributed by atoms with Crippen molar-refractivity contribution in [1.82, 2.24) is 0 Å². The van der Waals surface area contributed by atoms with Gasteiger partial charge in [0.15, 0.2) is 0 Å². The lowest BCUT2D eigenvalue weighted by Gasteiger charge is -2.11. The van der Waals surface area contributed by atoms with E-state index in [4.69, 9.17) is 0 Å². The second-order valence-corrected chi connectivity index (χ2v) is 4.21. The molecule has 0 heterocycles. The first kappa shape index (κ1) is 13.5. The Morgan fingerprint density at radius 3 is 2.58 bits per heavy atom. The topological polar surface area (TPSA) is 32.3 Å². The molecule has 0 fully saturated rings. The average Bonchev–Trinajstić information content (AvgIpc) is 2.45. The van der Waals surface area contributed by atoms with Crippen molar-refractivity contribution < 1.29 is 13.9 Å². The van der Waals surface area contributed by atoms with Crippen LogP contribution in [0.25, 0.3) is 0 Å². The molecule has 0 aliphatic rings. The Kier molecular flexibility index (Phi) is 4.47. The molecular formula is C15H15F2NO. The van der Waals surface area contributed by atoms with Crippen LogP contribution >= 0.6 is 0 Å². The summed E-state index contributed by atoms with van der Waals surface area (Å²) in [5, 5.41) is 12.3. The summed E-state index contributed by atoms with van der Waals surface area (Å²) >= 11 is 0. The minimum Gasteiger partial charge on any atom is -0.392 e. The van der Waals surface area contributed by atoms with Crippen LogP contribution in [0.5, 0.6) is 0 Å². The number of hydrogen-bond acceptors (Lipinski definition) is 2. The number of halogens is 2. The van der Waals surface area contributed by atoms with Gasteiger partial charge in [0, 0.05) is 23.4 Å². The normalized spacial score (nSPS) is 10.7. The van der Waals surface area contributed by atoms with Crippen molar-refractivity contribution >= 4 is 5.69 Å². The number of aliphatic hydroxyl groups is 1. The number of benzene rings is 2. The maximum Gasteiger partial charge on any atom is 0.263 e. The second kappa shape index (κ2) is 6.29. The molecule has 100 valence electrons. The van der Waals surface area contributed by atoms with E-state index in [9.17, 15) is 13.9 Å². The van der Waals surface area contributed by atoms with E-state index in [2.05, 4.69) is 5.32 Å². The predicted molar refractivity (Wildman–Crippen MR) is 71.1 cm³/mol. The molecule has 19 heavy (non-hydrogen) atoms. The summed E-state index contributed by atoms with van der Waals surface area (Å²) in [6, 6.07) is 13.7. The van der Waals surface area contributed by atoms with Gasteiger partial charge in [-0.05, 0) is 17.7 Å². The highest BCUT2D eigenvalue weighted by molar-refractivity contribution is 5.51. The molecule has 2 nitrogen and oxygen atoms in total. The van der Waals surface area contributed by atoms with Crippen LogP contribution in [0.1, 0.15) is 23.1 Å². The molecule has 0 saturated carbocycles. The van der Waals surface area contributed by atoms with Gasteiger partial charge in [0.2, 0.25) is 0 Å². The average molecular weight is 263 g/mol. The van der Waals surface area contributed by atoms with Crippen LogP contribution in [-0.4, -0.2) is 5.11 Å². The number of aliphatic hydroxyl groups excluding tert-OH is 1. The predicted octanol–water partition coefficient (Wildman–Crippen LogP) is 3.73. The van der Waals surface area contributed by atoms with E-state index in [0.29, 0.717) is 6.54 Å². The summed E-state index contributed by atoms with van der Waals surface area (Å²) in [4.78, 5) is 0. The lowest BCUT2D eigenvalue weighted by molar-refractivity contribution is 0.151. The number of rotatable bonds is 5. The maximum atomic E-state index is 12.6. The molecule has 0 unspecified atom stereocenters. The minimum atomic E-state index is -2.45. The zero-order valence-corrected chi connectivity index (χ0v) is 10.3. The number of nitrogens with one attached hydrogen (secondary N) is 1. The maximum absolute atomic E-state index is 12.6. The zero-order valence-electron chi connectivity index (χ0n) is 10.3. The van der Waals surface area contributed by atoms with Gasteiger partial charge in [-0.1, -0.05) is 36.4 Å². The van der Waals surface area contributed by atoms with Crippen LogP contribution in [0.4, 0.5) is 14.5 Å². The van der Waals surface area contributed by atoms with Gasteiger partial charge in [-0.3, -0.25) is 0 Å². The number of anilines is 1. The summed E-state index contributed by atoms with van der Waals surface area (Å²) < 4.78 is 25.2. The van der Waals surface area contributed by atoms with Crippen LogP contribution in [0.3, 0.4) is 0 Å². The van der Waals surface area contributed by atoms with Gasteiger partial charge < -0.3 is 10.4 Å². The Labute approximate surface area is 110 Å². The van der Waals surface area contributed by atoms with Crippen molar-refractivity contribution in [3.05, 3.63) is 65.2 Å². The van der Waals surface area contributed by atoms with Crippen LogP contribution in [0, 0.1) is 0 Å². The van der Waals surface area contributed by atoms with E-state index < -0.39 is 6.43 Å². The molecule has 0 saturated heterocycles. The fourth-order valence-electron chi connectivity index (χ4n) is 1.87. The van der Waals surface area contributed by atoms with Gasteiger partial charge in [0.1, 0.15) is 0 Å². The first-order valence-electron chi connectivity index (χ1n) is 6.00. The summed E-state index contributed by atoms with van der Waals surface area (Å²) in [7, 11) is 0. The molecule has 2 aromatic carbocycles. The van der Waals surface area contributed by atoms with Crippen LogP contribution < -0.4 is 5.32 Å². The molecule has 0 atom stereocenters. The minimum absolute atomic E-state index is 0.0229. The fraction of sp³-hybridized carbons (Fsp3) is 0.200. The molecule has 0 radical (unpaired) electrons. The Hall–Kier alpha value is -1.94. The van der Waals surface area contributed by atoms with Crippen molar-refractivity contribution in [2.75, 3.05) is 5.32 Å². The summed E-state index contributed by atoms with van der Waals surface area (Å²) in [5.41, 5.74) is 2.40. The van der Waals surface area contributed by atoms with E-state index in [-0.39, 0.29) is 12.2 Å². The standard InChI is InChI=1S/C15H15F2NO/c16-15(17)12-6-3-4-11(8-12)9-18-14-7-2-1-5-13(14)10-19/h1-8,15,18-19H,9-10H2. The molecule has 2 aromatic rings. The molecule has 0 bridgehead atoms. The van der Waals surface area contributed by atoms with Crippen molar-refractivity contribution in [2.45, 2.75) is 19.6 Å². The number of hydrogen-bond donors (Lipinski definition) is 2. The van der Waals surface area contributed by atoms with E-state index >= 15 is 0 Å². The van der Waals surface area contributed by atoms with E-state index in [0.717, 1.165) is 16.8 Å². The Morgan fingerprint density at radius 1 is 1.05 bits per heavy atom. The highest BCUT2D eigenvalue weighted by atomic mass is 19.3. The van der Waals surface area contributed by atoms with Crippen LogP contribution in [0.2, 0.25) is 0 Å². The van der Waals surface area contributed by atoms with Crippen LogP contribution in [-0.2, 0) is 13.2 Å². The fourth-order valence-corrected chi connectivity index (χ4v) is 1.87. The lowest BCUT2D eigenvalue weighted by atomic mass is 10.1. The second-order valence-electron chi connectivity index (χ2n) is 4.21. The third-order valence-corrected chi connectivity index (χ3v) is 2.87. The van der Waals surface area contributed by atoms with Gasteiger partial charge in [-0.25, -0.2) is 8.78 Å². The zero-order chi connectivity index (χ0) is 13.7. The smallest absolute Gasteiger partial charge is 0.263 e. The summed E-state index contributed by atoms with van der Waals surface area (Å²) in [6.45, 7) is 0.387. The van der Waals surface area contributed by atoms with E-state index in [1.165, 1.54) is 12.1 Å². The molecule has 0 amide bonds. The third kappa shape index (κ3) is 3.51. The van der Waals surface area contributed by atoms with Gasteiger partial charge >= 0.3 is 0 Å². The highest BCUT2D eigenvalue weighted by Crippen LogP contribution is 2.21. The summed E-state index contributed by atoms with van der Waals surface area (Å²) in [5.74, 6) is 0. The monoisotopic (exact) mass is 263 g/mol. The molecule has 2 rings (SSSR count). The quantitative estimate of drug-likeness (QED) is 0.861. The van der Waals surface area contributed by atoms with Crippen LogP contribution in [0.15, 0.2) is 48.5 Å². The SMILES string of the molecule is OCc1ccccc1NCc1cccc(C(F)F)c1. The first-order valence-corrected chi connectivity index (χ1v) is 6.00. The van der Waals surface area contributed by atoms with Crippen molar-refractivity contribution in [1.29, 1.82) is 0 Å². The van der Waals surface area contributed by atoms with Crippen molar-refractivity contribution in [2.24, 2.45) is 0 Å². The molecule has 2 N–H and O–H groups in total. The molecule has 0 aliphatic carbocycles. The van der Waals surface area contributed by atoms with E-state index in [1.807, 2.05) is 24.3 Å². The number of para-hydroxylation sites is 1. The largest absolute Gasteiger partial charge is 0.392 e. The van der Waals surface area contributed by atoms with Crippen molar-refractivity contribution in [3.63, 3.8) is 0 Å². The Balaban J connectivity index is 2.08. The number of alkyl halides is 2. The van der Waals surface area contributed by atoms with Gasteiger partial charge in [-0.2, -0.15) is 0 Å². The third-order valence-electron chi connectivity index (χ3n) is 2.87. The Bertz CT molecular complexity index is 543. The van der Waals surface area contributed by atoms with Gasteiger partial charge in [0.05, 0.1) is 6.61 Å². The molecule has 0 aliphatic heterocycles. The van der Waals surface area contributed by atoms with Gasteiger partial charge in [0.25, 0.3) is 6.43 Å². The highest BCUT2D eigenvalue weighted by Gasteiger charge is 2.07. The Morgan fingerprint density at radius 2 is 1.84 bits per heavy atom. The molecule has 0 spiro atoms.